The van der Waals surface area contributed by atoms with Gasteiger partial charge in [-0.2, -0.15) is 0 Å². The molecule has 3 N–H and O–H groups in total. The zero-order chi connectivity index (χ0) is 22.5. The van der Waals surface area contributed by atoms with Crippen LogP contribution >= 0.6 is 0 Å². The summed E-state index contributed by atoms with van der Waals surface area (Å²) in [6, 6.07) is 2.06. The van der Waals surface area contributed by atoms with Crippen molar-refractivity contribution in [2.45, 2.75) is 6.10 Å². The van der Waals surface area contributed by atoms with Crippen LogP contribution in [-0.2, 0) is 19.1 Å². The highest BCUT2D eigenvalue weighted by atomic mass is 19.1. The summed E-state index contributed by atoms with van der Waals surface area (Å²) in [6.07, 6.45) is -2.18. The first-order valence-corrected chi connectivity index (χ1v) is 9.51. The molecule has 170 valence electrons. The van der Waals surface area contributed by atoms with E-state index in [0.29, 0.717) is 0 Å². The van der Waals surface area contributed by atoms with Crippen molar-refractivity contribution in [3.63, 3.8) is 0 Å². The summed E-state index contributed by atoms with van der Waals surface area (Å²) < 4.78 is 39.3. The lowest BCUT2D eigenvalue weighted by atomic mass is 10.2. The number of methoxy groups -OCH3 is 1. The Kier molecular flexibility index (Phi) is 7.07. The molecule has 1 aromatic rings. The summed E-state index contributed by atoms with van der Waals surface area (Å²) in [5.41, 5.74) is 5.01. The highest BCUT2D eigenvalue weighted by Gasteiger charge is 2.34. The van der Waals surface area contributed by atoms with E-state index in [9.17, 15) is 23.2 Å². The molecule has 13 heteroatoms. The van der Waals surface area contributed by atoms with E-state index in [-0.39, 0.29) is 57.3 Å². The predicted octanol–water partition coefficient (Wildman–Crippen LogP) is 0.185. The number of carbonyl (C=O) groups excluding carboxylic acids is 3. The van der Waals surface area contributed by atoms with Crippen molar-refractivity contribution in [3.8, 4) is 0 Å². The first-order chi connectivity index (χ1) is 14.8. The van der Waals surface area contributed by atoms with Crippen molar-refractivity contribution < 1.29 is 37.5 Å². The molecular weight excluding hydrogens is 420 g/mol. The fraction of sp³-hybridized carbons (Fsp3) is 0.500. The normalized spacial score (nSPS) is 19.2. The Bertz CT molecular complexity index is 834. The van der Waals surface area contributed by atoms with Crippen molar-refractivity contribution in [3.05, 3.63) is 23.8 Å². The Morgan fingerprint density at radius 1 is 1.26 bits per heavy atom. The molecular formula is C18H23F2N5O6. The third-order valence-electron chi connectivity index (χ3n) is 4.80. The summed E-state index contributed by atoms with van der Waals surface area (Å²) in [5.74, 6) is -2.18. The minimum Gasteiger partial charge on any atom is -0.453 e. The van der Waals surface area contributed by atoms with Gasteiger partial charge in [-0.25, -0.2) is 23.4 Å². The van der Waals surface area contributed by atoms with Crippen LogP contribution in [0.2, 0.25) is 0 Å². The van der Waals surface area contributed by atoms with Crippen LogP contribution in [0.25, 0.3) is 0 Å². The van der Waals surface area contributed by atoms with Gasteiger partial charge in [-0.3, -0.25) is 14.5 Å². The van der Waals surface area contributed by atoms with E-state index in [0.717, 1.165) is 22.1 Å². The van der Waals surface area contributed by atoms with Gasteiger partial charge in [0.2, 0.25) is 0 Å². The Labute approximate surface area is 176 Å². The number of hydrogen-bond donors (Lipinski definition) is 2. The second-order valence-corrected chi connectivity index (χ2v) is 6.77. The number of anilines is 2. The number of hydrogen-bond acceptors (Lipinski definition) is 8. The third kappa shape index (κ3) is 5.11. The zero-order valence-electron chi connectivity index (χ0n) is 16.8. The van der Waals surface area contributed by atoms with Gasteiger partial charge in [0.25, 0.3) is 5.91 Å². The second kappa shape index (κ2) is 9.75. The fourth-order valence-corrected chi connectivity index (χ4v) is 3.29. The molecule has 2 heterocycles. The molecule has 2 saturated heterocycles. The molecule has 3 rings (SSSR count). The Hall–Kier alpha value is -3.19. The number of halogens is 2. The zero-order valence-corrected chi connectivity index (χ0v) is 16.8. The van der Waals surface area contributed by atoms with Crippen LogP contribution in [0.3, 0.4) is 0 Å². The summed E-state index contributed by atoms with van der Waals surface area (Å²) in [7, 11) is 1.19. The van der Waals surface area contributed by atoms with Crippen LogP contribution in [0.1, 0.15) is 0 Å². The molecule has 2 fully saturated rings. The summed E-state index contributed by atoms with van der Waals surface area (Å²) in [4.78, 5) is 42.7. The molecule has 2 aliphatic heterocycles. The molecule has 11 nitrogen and oxygen atoms in total. The number of nitrogens with two attached hydrogens (primary N) is 1. The number of nitrogens with zero attached hydrogens (tertiary/aromatic N) is 3. The lowest BCUT2D eigenvalue weighted by Gasteiger charge is -2.24. The Balaban J connectivity index is 1.71. The Morgan fingerprint density at radius 2 is 1.97 bits per heavy atom. The number of hydroxylamine groups is 2. The Morgan fingerprint density at radius 3 is 2.61 bits per heavy atom. The van der Waals surface area contributed by atoms with Crippen LogP contribution in [0.4, 0.5) is 29.7 Å². The fourth-order valence-electron chi connectivity index (χ4n) is 3.29. The monoisotopic (exact) mass is 443 g/mol. The number of cyclic esters (lactones) is 1. The highest BCUT2D eigenvalue weighted by Crippen LogP contribution is 2.31. The molecule has 0 bridgehead atoms. The van der Waals surface area contributed by atoms with E-state index in [1.54, 1.807) is 0 Å². The van der Waals surface area contributed by atoms with Crippen LogP contribution in [-0.4, -0.2) is 82.2 Å². The van der Waals surface area contributed by atoms with Gasteiger partial charge in [0.05, 0.1) is 45.6 Å². The average molecular weight is 443 g/mol. The largest absolute Gasteiger partial charge is 0.453 e. The minimum atomic E-state index is -0.877. The van der Waals surface area contributed by atoms with E-state index in [1.165, 1.54) is 12.0 Å². The van der Waals surface area contributed by atoms with Crippen LogP contribution < -0.4 is 20.9 Å². The van der Waals surface area contributed by atoms with E-state index in [1.807, 2.05) is 0 Å². The molecule has 0 unspecified atom stereocenters. The number of amides is 3. The SMILES string of the molecule is COC(=O)NC[C@H]1CN(c2cc(F)c(N3CCON(C(=O)CN)CC3)c(F)c2)C(=O)O1. The van der Waals surface area contributed by atoms with Gasteiger partial charge in [0.1, 0.15) is 11.8 Å². The van der Waals surface area contributed by atoms with Gasteiger partial charge in [0, 0.05) is 25.2 Å². The molecule has 0 spiro atoms. The van der Waals surface area contributed by atoms with E-state index in [4.69, 9.17) is 15.3 Å². The van der Waals surface area contributed by atoms with Crippen LogP contribution in [0.5, 0.6) is 0 Å². The molecule has 1 atom stereocenters. The number of benzene rings is 1. The molecule has 0 saturated carbocycles. The quantitative estimate of drug-likeness (QED) is 0.660. The van der Waals surface area contributed by atoms with Crippen molar-refractivity contribution in [2.75, 3.05) is 62.8 Å². The van der Waals surface area contributed by atoms with Gasteiger partial charge in [-0.05, 0) is 0 Å². The maximum atomic E-state index is 14.9. The standard InChI is InChI=1S/C18H23F2N5O6/c1-29-17(27)22-9-12-10-24(18(28)31-12)11-6-13(19)16(14(20)7-11)23-2-3-25(15(26)8-21)30-5-4-23/h6-7,12H,2-5,8-10,21H2,1H3,(H,22,27)/t12-/m0/s1. The topological polar surface area (TPSA) is 127 Å². The van der Waals surface area contributed by atoms with E-state index in [2.05, 4.69) is 10.1 Å². The number of rotatable bonds is 5. The maximum absolute atomic E-state index is 14.9. The number of ether oxygens (including phenoxy) is 2. The van der Waals surface area contributed by atoms with Gasteiger partial charge in [-0.15, -0.1) is 0 Å². The molecule has 31 heavy (non-hydrogen) atoms. The molecule has 1 aromatic carbocycles. The van der Waals surface area contributed by atoms with Crippen molar-refractivity contribution in [2.24, 2.45) is 5.73 Å². The first-order valence-electron chi connectivity index (χ1n) is 9.51. The second-order valence-electron chi connectivity index (χ2n) is 6.77. The predicted molar refractivity (Wildman–Crippen MR) is 103 cm³/mol. The van der Waals surface area contributed by atoms with Gasteiger partial charge >= 0.3 is 12.2 Å². The van der Waals surface area contributed by atoms with Crippen LogP contribution in [0, 0.1) is 11.6 Å². The van der Waals surface area contributed by atoms with Crippen LogP contribution in [0.15, 0.2) is 12.1 Å². The van der Waals surface area contributed by atoms with Gasteiger partial charge in [-0.1, -0.05) is 0 Å². The van der Waals surface area contributed by atoms with E-state index >= 15 is 0 Å². The van der Waals surface area contributed by atoms with Gasteiger partial charge in [0.15, 0.2) is 11.6 Å². The summed E-state index contributed by atoms with van der Waals surface area (Å²) in [5, 5.41) is 3.47. The summed E-state index contributed by atoms with van der Waals surface area (Å²) in [6.45, 7) is 0.155. The van der Waals surface area contributed by atoms with Crippen molar-refractivity contribution >= 4 is 29.5 Å². The molecule has 0 aliphatic carbocycles. The molecule has 0 radical (unpaired) electrons. The number of alkyl carbamates (subject to hydrolysis) is 1. The number of nitrogens with one attached hydrogen (secondary N) is 1. The molecule has 2 aliphatic rings. The van der Waals surface area contributed by atoms with Crippen molar-refractivity contribution in [1.82, 2.24) is 10.4 Å². The third-order valence-corrected chi connectivity index (χ3v) is 4.80. The average Bonchev–Trinajstić information content (AvgIpc) is 2.95. The van der Waals surface area contributed by atoms with E-state index < -0.39 is 35.8 Å². The van der Waals surface area contributed by atoms with Gasteiger partial charge < -0.3 is 25.4 Å². The van der Waals surface area contributed by atoms with Crippen molar-refractivity contribution in [1.29, 1.82) is 0 Å². The molecule has 3 amide bonds. The first kappa shape index (κ1) is 22.5. The lowest BCUT2D eigenvalue weighted by Crippen LogP contribution is -2.38. The molecule has 0 aromatic heterocycles. The summed E-state index contributed by atoms with van der Waals surface area (Å²) >= 11 is 0. The smallest absolute Gasteiger partial charge is 0.414 e. The number of carbonyl (C=O) groups is 3. The maximum Gasteiger partial charge on any atom is 0.414 e. The lowest BCUT2D eigenvalue weighted by molar-refractivity contribution is -0.180. The minimum absolute atomic E-state index is 0.00519. The highest BCUT2D eigenvalue weighted by molar-refractivity contribution is 5.90.